The Labute approximate surface area is 117 Å². The van der Waals surface area contributed by atoms with Crippen LogP contribution in [-0.2, 0) is 16.1 Å². The van der Waals surface area contributed by atoms with Gasteiger partial charge in [0.25, 0.3) is 0 Å². The van der Waals surface area contributed by atoms with Crippen LogP contribution >= 0.6 is 0 Å². The van der Waals surface area contributed by atoms with Crippen LogP contribution in [0.3, 0.4) is 0 Å². The van der Waals surface area contributed by atoms with E-state index in [0.29, 0.717) is 19.4 Å². The minimum Gasteiger partial charge on any atom is -0.479 e. The average Bonchev–Trinajstić information content (AvgIpc) is 2.43. The van der Waals surface area contributed by atoms with E-state index in [9.17, 15) is 19.8 Å². The van der Waals surface area contributed by atoms with Gasteiger partial charge in [0.15, 0.2) is 0 Å². The van der Waals surface area contributed by atoms with Crippen molar-refractivity contribution in [1.29, 1.82) is 0 Å². The lowest BCUT2D eigenvalue weighted by atomic mass is 9.92. The first kappa shape index (κ1) is 16.1. The number of nitrogens with two attached hydrogens (primary N) is 1. The lowest BCUT2D eigenvalue weighted by Gasteiger charge is -2.26. The first-order valence-electron chi connectivity index (χ1n) is 6.49. The van der Waals surface area contributed by atoms with Crippen molar-refractivity contribution >= 4 is 11.9 Å². The highest BCUT2D eigenvalue weighted by atomic mass is 16.4. The maximum Gasteiger partial charge on any atom is 0.335 e. The summed E-state index contributed by atoms with van der Waals surface area (Å²) in [6, 6.07) is 9.08. The molecule has 1 aromatic carbocycles. The highest BCUT2D eigenvalue weighted by Crippen LogP contribution is 2.17. The summed E-state index contributed by atoms with van der Waals surface area (Å²) in [5, 5.41) is 21.3. The van der Waals surface area contributed by atoms with Gasteiger partial charge in [-0.2, -0.15) is 0 Å². The number of aliphatic carboxylic acids is 2. The molecule has 5 N–H and O–H groups in total. The molecule has 0 radical (unpaired) electrons. The number of unbranched alkanes of at least 4 members (excludes halogenated alkanes) is 1. The zero-order valence-electron chi connectivity index (χ0n) is 11.2. The van der Waals surface area contributed by atoms with Gasteiger partial charge in [0.1, 0.15) is 0 Å². The fourth-order valence-corrected chi connectivity index (χ4v) is 1.93. The molecule has 0 saturated heterocycles. The largest absolute Gasteiger partial charge is 0.479 e. The Morgan fingerprint density at radius 1 is 1.10 bits per heavy atom. The maximum absolute atomic E-state index is 11.4. The van der Waals surface area contributed by atoms with E-state index in [-0.39, 0.29) is 13.0 Å². The maximum atomic E-state index is 11.4. The molecule has 20 heavy (non-hydrogen) atoms. The lowest BCUT2D eigenvalue weighted by Crippen LogP contribution is -2.58. The molecule has 0 unspecified atom stereocenters. The molecular weight excluding hydrogens is 260 g/mol. The van der Waals surface area contributed by atoms with Crippen LogP contribution in [0.2, 0.25) is 0 Å². The smallest absolute Gasteiger partial charge is 0.335 e. The molecule has 6 heteroatoms. The molecule has 1 rings (SSSR count). The van der Waals surface area contributed by atoms with Gasteiger partial charge in [0, 0.05) is 6.54 Å². The third kappa shape index (κ3) is 4.04. The topological polar surface area (TPSA) is 113 Å². The molecule has 0 aliphatic heterocycles. The number of carboxylic acid groups (broad SMARTS) is 2. The Morgan fingerprint density at radius 2 is 1.70 bits per heavy atom. The monoisotopic (exact) mass is 280 g/mol. The van der Waals surface area contributed by atoms with E-state index in [1.807, 2.05) is 18.2 Å². The van der Waals surface area contributed by atoms with Crippen LogP contribution in [0.5, 0.6) is 0 Å². The molecule has 1 aromatic rings. The fourth-order valence-electron chi connectivity index (χ4n) is 1.93. The second kappa shape index (κ2) is 7.62. The molecule has 0 saturated carbocycles. The Kier molecular flexibility index (Phi) is 6.14. The van der Waals surface area contributed by atoms with Gasteiger partial charge in [-0.25, -0.2) is 9.59 Å². The number of nitrogens with one attached hydrogen (secondary N) is 1. The van der Waals surface area contributed by atoms with Crippen LogP contribution < -0.4 is 11.1 Å². The van der Waals surface area contributed by atoms with Gasteiger partial charge in [0.05, 0.1) is 0 Å². The summed E-state index contributed by atoms with van der Waals surface area (Å²) < 4.78 is 0. The Bertz CT molecular complexity index is 434. The molecule has 0 atom stereocenters. The zero-order chi connectivity index (χ0) is 15.0. The molecule has 0 aliphatic rings. The molecule has 6 nitrogen and oxygen atoms in total. The van der Waals surface area contributed by atoms with Crippen LogP contribution in [0.4, 0.5) is 0 Å². The normalized spacial score (nSPS) is 11.2. The number of hydrogen-bond acceptors (Lipinski definition) is 4. The predicted octanol–water partition coefficient (Wildman–Crippen LogP) is 0.813. The van der Waals surface area contributed by atoms with Gasteiger partial charge in [-0.15, -0.1) is 0 Å². The molecule has 0 fully saturated rings. The second-order valence-electron chi connectivity index (χ2n) is 4.60. The standard InChI is InChI=1S/C14H20N2O4/c15-9-5-4-8-14(12(17)18,13(19)20)16-10-11-6-2-1-3-7-11/h1-3,6-7,16H,4-5,8-10,15H2,(H,17,18)(H,19,20). The van der Waals surface area contributed by atoms with E-state index in [2.05, 4.69) is 5.32 Å². The second-order valence-corrected chi connectivity index (χ2v) is 4.60. The van der Waals surface area contributed by atoms with Crippen molar-refractivity contribution in [3.8, 4) is 0 Å². The van der Waals surface area contributed by atoms with Crippen molar-refractivity contribution < 1.29 is 19.8 Å². The van der Waals surface area contributed by atoms with Crippen molar-refractivity contribution in [1.82, 2.24) is 5.32 Å². The fraction of sp³-hybridized carbons (Fsp3) is 0.429. The summed E-state index contributed by atoms with van der Waals surface area (Å²) in [5.41, 5.74) is 4.22. The van der Waals surface area contributed by atoms with Crippen LogP contribution in [0.25, 0.3) is 0 Å². The van der Waals surface area contributed by atoms with E-state index in [0.717, 1.165) is 5.56 Å². The summed E-state index contributed by atoms with van der Waals surface area (Å²) in [5.74, 6) is -2.75. The summed E-state index contributed by atoms with van der Waals surface area (Å²) in [7, 11) is 0. The molecular formula is C14H20N2O4. The Morgan fingerprint density at radius 3 is 2.20 bits per heavy atom. The number of benzene rings is 1. The van der Waals surface area contributed by atoms with Crippen molar-refractivity contribution in [2.45, 2.75) is 31.3 Å². The molecule has 0 bridgehead atoms. The van der Waals surface area contributed by atoms with E-state index in [1.54, 1.807) is 12.1 Å². The van der Waals surface area contributed by atoms with E-state index < -0.39 is 17.5 Å². The van der Waals surface area contributed by atoms with Crippen molar-refractivity contribution in [2.75, 3.05) is 6.54 Å². The number of hydrogen-bond donors (Lipinski definition) is 4. The lowest BCUT2D eigenvalue weighted by molar-refractivity contribution is -0.159. The van der Waals surface area contributed by atoms with Gasteiger partial charge < -0.3 is 15.9 Å². The van der Waals surface area contributed by atoms with Crippen molar-refractivity contribution in [2.24, 2.45) is 5.73 Å². The van der Waals surface area contributed by atoms with Gasteiger partial charge in [0.2, 0.25) is 5.54 Å². The molecule has 0 amide bonds. The Hall–Kier alpha value is -1.92. The van der Waals surface area contributed by atoms with Crippen LogP contribution in [0.15, 0.2) is 30.3 Å². The first-order chi connectivity index (χ1) is 9.53. The van der Waals surface area contributed by atoms with Crippen molar-refractivity contribution in [3.63, 3.8) is 0 Å². The van der Waals surface area contributed by atoms with Crippen LogP contribution in [0.1, 0.15) is 24.8 Å². The quantitative estimate of drug-likeness (QED) is 0.393. The third-order valence-electron chi connectivity index (χ3n) is 3.17. The van der Waals surface area contributed by atoms with Gasteiger partial charge in [-0.3, -0.25) is 5.32 Å². The van der Waals surface area contributed by atoms with Crippen LogP contribution in [-0.4, -0.2) is 34.2 Å². The third-order valence-corrected chi connectivity index (χ3v) is 3.17. The van der Waals surface area contributed by atoms with Gasteiger partial charge in [-0.1, -0.05) is 30.3 Å². The highest BCUT2D eigenvalue weighted by molar-refractivity contribution is 6.03. The number of carbonyl (C=O) groups is 2. The predicted molar refractivity (Wildman–Crippen MR) is 74.2 cm³/mol. The van der Waals surface area contributed by atoms with E-state index >= 15 is 0 Å². The van der Waals surface area contributed by atoms with Gasteiger partial charge >= 0.3 is 11.9 Å². The molecule has 110 valence electrons. The SMILES string of the molecule is NCCCCC(NCc1ccccc1)(C(=O)O)C(=O)O. The zero-order valence-corrected chi connectivity index (χ0v) is 11.2. The van der Waals surface area contributed by atoms with E-state index in [1.165, 1.54) is 0 Å². The number of carboxylic acids is 2. The summed E-state index contributed by atoms with van der Waals surface area (Å²) in [4.78, 5) is 22.8. The Balaban J connectivity index is 2.80. The average molecular weight is 280 g/mol. The number of rotatable bonds is 9. The summed E-state index contributed by atoms with van der Waals surface area (Å²) in [6.07, 6.45) is 1.04. The molecule has 0 aliphatic carbocycles. The summed E-state index contributed by atoms with van der Waals surface area (Å²) >= 11 is 0. The molecule has 0 heterocycles. The highest BCUT2D eigenvalue weighted by Gasteiger charge is 2.45. The van der Waals surface area contributed by atoms with Gasteiger partial charge in [-0.05, 0) is 31.4 Å². The van der Waals surface area contributed by atoms with Crippen LogP contribution in [0, 0.1) is 0 Å². The minimum atomic E-state index is -1.97. The first-order valence-corrected chi connectivity index (χ1v) is 6.49. The minimum absolute atomic E-state index is 0.00169. The molecule has 0 aromatic heterocycles. The molecule has 0 spiro atoms. The van der Waals surface area contributed by atoms with Crippen molar-refractivity contribution in [3.05, 3.63) is 35.9 Å². The van der Waals surface area contributed by atoms with E-state index in [4.69, 9.17) is 5.73 Å². The summed E-state index contributed by atoms with van der Waals surface area (Å²) in [6.45, 7) is 0.593.